The molecule has 0 saturated carbocycles. The topological polar surface area (TPSA) is 97.8 Å². The maximum Gasteiger partial charge on any atom is 0.325 e. The van der Waals surface area contributed by atoms with Crippen LogP contribution in [0.15, 0.2) is 18.3 Å². The summed E-state index contributed by atoms with van der Waals surface area (Å²) in [6, 6.07) is 2.63. The highest BCUT2D eigenvalue weighted by Crippen LogP contribution is 2.32. The first-order valence-corrected chi connectivity index (χ1v) is 4.95. The van der Waals surface area contributed by atoms with Crippen LogP contribution in [0.2, 0.25) is 0 Å². The summed E-state index contributed by atoms with van der Waals surface area (Å²) in [7, 11) is 0. The normalized spacial score (nSPS) is 32.9. The molecule has 0 amide bonds. The van der Waals surface area contributed by atoms with Gasteiger partial charge in [0.2, 0.25) is 6.23 Å². The van der Waals surface area contributed by atoms with Crippen molar-refractivity contribution in [2.45, 2.75) is 24.5 Å². The Hall–Kier alpha value is -1.51. The first kappa shape index (κ1) is 12.0. The predicted molar refractivity (Wildman–Crippen MR) is 53.0 cm³/mol. The number of halogens is 1. The molecule has 17 heavy (non-hydrogen) atoms. The van der Waals surface area contributed by atoms with Crippen LogP contribution >= 0.6 is 0 Å². The highest BCUT2D eigenvalue weighted by molar-refractivity contribution is 5.22. The first-order valence-electron chi connectivity index (χ1n) is 4.95. The van der Waals surface area contributed by atoms with Crippen LogP contribution in [0.5, 0.6) is 0 Å². The predicted octanol–water partition coefficient (Wildman–Crippen LogP) is -0.0150. The third-order valence-corrected chi connectivity index (χ3v) is 2.71. The number of aliphatic hydroxyl groups excluding tert-OH is 2. The van der Waals surface area contributed by atoms with Gasteiger partial charge in [0.25, 0.3) is 0 Å². The van der Waals surface area contributed by atoms with Gasteiger partial charge in [-0.3, -0.25) is 0 Å². The van der Waals surface area contributed by atoms with Gasteiger partial charge in [-0.1, -0.05) is 0 Å². The summed E-state index contributed by atoms with van der Waals surface area (Å²) in [5.74, 6) is -0.291. The summed E-state index contributed by atoms with van der Waals surface area (Å²) in [4.78, 5) is 10.0. The number of ether oxygens (including phenoxy) is 1. The Morgan fingerprint density at radius 1 is 1.53 bits per heavy atom. The van der Waals surface area contributed by atoms with E-state index in [4.69, 9.17) is 4.74 Å². The average molecular weight is 245 g/mol. The molecule has 8 heteroatoms. The minimum Gasteiger partial charge on any atom is -0.387 e. The minimum absolute atomic E-state index is 0.291. The number of alkyl halides is 1. The van der Waals surface area contributed by atoms with Crippen LogP contribution in [0.4, 0.5) is 10.2 Å². The number of nitrogens with zero attached hydrogens (tertiary/aromatic N) is 2. The summed E-state index contributed by atoms with van der Waals surface area (Å²) in [5, 5.41) is 29.8. The molecule has 2 N–H and O–H groups in total. The Labute approximate surface area is 95.2 Å². The SMILES string of the molecule is O=[N+]([O-])c1cccn1C1OC(C[18F])C(O)C1O. The molecule has 0 spiro atoms. The fourth-order valence-corrected chi connectivity index (χ4v) is 1.84. The van der Waals surface area contributed by atoms with E-state index < -0.39 is 36.1 Å². The summed E-state index contributed by atoms with van der Waals surface area (Å²) in [5.41, 5.74) is 0. The molecule has 0 radical (unpaired) electrons. The zero-order valence-corrected chi connectivity index (χ0v) is 8.64. The summed E-state index contributed by atoms with van der Waals surface area (Å²) >= 11 is 0. The number of aromatic nitrogens is 1. The van der Waals surface area contributed by atoms with E-state index in [9.17, 15) is 24.7 Å². The number of hydrogen-bond donors (Lipinski definition) is 2. The quantitative estimate of drug-likeness (QED) is 0.576. The molecular weight excluding hydrogens is 234 g/mol. The lowest BCUT2D eigenvalue weighted by Crippen LogP contribution is -2.32. The van der Waals surface area contributed by atoms with Gasteiger partial charge in [0.05, 0.1) is 6.20 Å². The van der Waals surface area contributed by atoms with E-state index in [0.717, 1.165) is 4.57 Å². The van der Waals surface area contributed by atoms with Crippen LogP contribution in [-0.2, 0) is 4.74 Å². The summed E-state index contributed by atoms with van der Waals surface area (Å²) in [6.45, 7) is -0.968. The first-order chi connectivity index (χ1) is 8.06. The van der Waals surface area contributed by atoms with E-state index in [1.807, 2.05) is 0 Å². The zero-order chi connectivity index (χ0) is 12.6. The molecule has 1 fully saturated rings. The van der Waals surface area contributed by atoms with Crippen molar-refractivity contribution in [3.63, 3.8) is 0 Å². The lowest BCUT2D eigenvalue weighted by Gasteiger charge is -2.13. The monoisotopic (exact) mass is 245 g/mol. The molecule has 0 aliphatic carbocycles. The van der Waals surface area contributed by atoms with Crippen molar-refractivity contribution in [2.75, 3.05) is 6.67 Å². The number of nitro groups is 1. The lowest BCUT2D eigenvalue weighted by molar-refractivity contribution is -0.394. The molecule has 2 rings (SSSR count). The molecule has 1 aliphatic heterocycles. The summed E-state index contributed by atoms with van der Waals surface area (Å²) < 4.78 is 18.6. The molecule has 4 atom stereocenters. The van der Waals surface area contributed by atoms with Crippen LogP contribution in [-0.4, -0.2) is 44.7 Å². The van der Waals surface area contributed by atoms with Crippen molar-refractivity contribution in [2.24, 2.45) is 0 Å². The maximum atomic E-state index is 12.5. The molecule has 2 heterocycles. The second-order valence-corrected chi connectivity index (χ2v) is 3.73. The molecule has 7 nitrogen and oxygen atoms in total. The van der Waals surface area contributed by atoms with E-state index in [1.54, 1.807) is 0 Å². The summed E-state index contributed by atoms with van der Waals surface area (Å²) in [6.07, 6.45) is -3.79. The fraction of sp³-hybridized carbons (Fsp3) is 0.556. The minimum atomic E-state index is -1.40. The molecule has 1 saturated heterocycles. The number of rotatable bonds is 3. The van der Waals surface area contributed by atoms with E-state index in [0.29, 0.717) is 0 Å². The van der Waals surface area contributed by atoms with Crippen molar-refractivity contribution in [3.05, 3.63) is 28.4 Å². The van der Waals surface area contributed by atoms with Crippen molar-refractivity contribution in [3.8, 4) is 0 Å². The molecule has 0 aromatic carbocycles. The van der Waals surface area contributed by atoms with Crippen LogP contribution in [0.25, 0.3) is 0 Å². The largest absolute Gasteiger partial charge is 0.387 e. The third-order valence-electron chi connectivity index (χ3n) is 2.71. The van der Waals surface area contributed by atoms with Gasteiger partial charge in [0.15, 0.2) is 0 Å². The molecule has 1 aromatic heterocycles. The molecule has 1 aliphatic rings. The van der Waals surface area contributed by atoms with E-state index in [2.05, 4.69) is 0 Å². The molecule has 1 aromatic rings. The fourth-order valence-electron chi connectivity index (χ4n) is 1.84. The van der Waals surface area contributed by atoms with Gasteiger partial charge in [0.1, 0.15) is 25.0 Å². The maximum absolute atomic E-state index is 12.5. The van der Waals surface area contributed by atoms with Gasteiger partial charge in [0, 0.05) is 6.07 Å². The van der Waals surface area contributed by atoms with Gasteiger partial charge >= 0.3 is 5.82 Å². The van der Waals surface area contributed by atoms with Crippen molar-refractivity contribution < 1.29 is 24.3 Å². The second-order valence-electron chi connectivity index (χ2n) is 3.73. The highest BCUT2D eigenvalue weighted by atomic mass is 18.2. The molecule has 94 valence electrons. The van der Waals surface area contributed by atoms with Gasteiger partial charge in [-0.15, -0.1) is 0 Å². The Morgan fingerprint density at radius 2 is 2.24 bits per heavy atom. The molecular formula is C9H11FN2O5. The Bertz CT molecular complexity index is 423. The van der Waals surface area contributed by atoms with Crippen LogP contribution in [0.3, 0.4) is 0 Å². The molecule has 0 bridgehead atoms. The van der Waals surface area contributed by atoms with Crippen LogP contribution in [0.1, 0.15) is 6.23 Å². The van der Waals surface area contributed by atoms with Gasteiger partial charge in [-0.25, -0.2) is 8.96 Å². The van der Waals surface area contributed by atoms with Crippen LogP contribution < -0.4 is 0 Å². The van der Waals surface area contributed by atoms with Crippen molar-refractivity contribution in [1.82, 2.24) is 4.57 Å². The lowest BCUT2D eigenvalue weighted by atomic mass is 10.1. The Balaban J connectivity index is 2.29. The average Bonchev–Trinajstić information content (AvgIpc) is 2.86. The zero-order valence-electron chi connectivity index (χ0n) is 8.64. The van der Waals surface area contributed by atoms with E-state index in [-0.39, 0.29) is 5.82 Å². The highest BCUT2D eigenvalue weighted by Gasteiger charge is 2.47. The standard InChI is InChI=1S/C9H11FN2O5/c10-4-5-7(13)8(14)9(17-5)11-3-1-2-6(11)12(15)16/h1-3,5,7-9,13-14H,4H2/i10-1. The number of aliphatic hydroxyl groups is 2. The van der Waals surface area contributed by atoms with Crippen molar-refractivity contribution in [1.29, 1.82) is 0 Å². The Kier molecular flexibility index (Phi) is 3.09. The van der Waals surface area contributed by atoms with Gasteiger partial charge < -0.3 is 25.1 Å². The van der Waals surface area contributed by atoms with Gasteiger partial charge in [-0.05, 0) is 11.0 Å². The molecule has 4 unspecified atom stereocenters. The van der Waals surface area contributed by atoms with E-state index >= 15 is 0 Å². The van der Waals surface area contributed by atoms with Crippen molar-refractivity contribution >= 4 is 5.82 Å². The van der Waals surface area contributed by atoms with Crippen LogP contribution in [0, 0.1) is 10.1 Å². The smallest absolute Gasteiger partial charge is 0.325 e. The second kappa shape index (κ2) is 4.40. The third kappa shape index (κ3) is 1.90. The van der Waals surface area contributed by atoms with Gasteiger partial charge in [-0.2, -0.15) is 0 Å². The Morgan fingerprint density at radius 3 is 2.76 bits per heavy atom. The number of hydrogen-bond acceptors (Lipinski definition) is 5. The van der Waals surface area contributed by atoms with E-state index in [1.165, 1.54) is 18.3 Å².